The molecule has 2 N–H and O–H groups in total. The van der Waals surface area contributed by atoms with Gasteiger partial charge in [-0.25, -0.2) is 0 Å². The number of nitrogens with zero attached hydrogens (tertiary/aromatic N) is 1. The summed E-state index contributed by atoms with van der Waals surface area (Å²) in [6.45, 7) is 6.62. The fraction of sp³-hybridized carbons (Fsp3) is 0.478. The SMILES string of the molecule is CCN(CC)C(CNC(=O)C(CCSC)NC(=O)c1ccco1)Cc1ccccc1. The molecule has 30 heavy (non-hydrogen) atoms. The van der Waals surface area contributed by atoms with Crippen LogP contribution >= 0.6 is 11.8 Å². The molecule has 0 bridgehead atoms. The molecule has 0 spiro atoms. The Morgan fingerprint density at radius 3 is 2.43 bits per heavy atom. The number of amides is 2. The first-order chi connectivity index (χ1) is 14.6. The predicted molar refractivity (Wildman–Crippen MR) is 123 cm³/mol. The van der Waals surface area contributed by atoms with Gasteiger partial charge in [-0.1, -0.05) is 44.2 Å². The van der Waals surface area contributed by atoms with Crippen molar-refractivity contribution in [3.8, 4) is 0 Å². The summed E-state index contributed by atoms with van der Waals surface area (Å²) < 4.78 is 5.15. The van der Waals surface area contributed by atoms with Gasteiger partial charge in [0.15, 0.2) is 5.76 Å². The van der Waals surface area contributed by atoms with Crippen molar-refractivity contribution in [2.45, 2.75) is 38.8 Å². The number of hydrogen-bond acceptors (Lipinski definition) is 5. The van der Waals surface area contributed by atoms with Gasteiger partial charge in [0.1, 0.15) is 6.04 Å². The summed E-state index contributed by atoms with van der Waals surface area (Å²) in [5.41, 5.74) is 1.24. The number of likely N-dealkylation sites (N-methyl/N-ethyl adjacent to an activating group) is 1. The summed E-state index contributed by atoms with van der Waals surface area (Å²) in [5, 5.41) is 5.89. The van der Waals surface area contributed by atoms with Crippen LogP contribution in [0.2, 0.25) is 0 Å². The lowest BCUT2D eigenvalue weighted by molar-refractivity contribution is -0.123. The van der Waals surface area contributed by atoms with E-state index in [-0.39, 0.29) is 23.6 Å². The molecule has 0 aliphatic heterocycles. The zero-order valence-electron chi connectivity index (χ0n) is 18.1. The lowest BCUT2D eigenvalue weighted by Crippen LogP contribution is -2.51. The van der Waals surface area contributed by atoms with E-state index in [2.05, 4.69) is 41.5 Å². The van der Waals surface area contributed by atoms with Crippen LogP contribution in [0.5, 0.6) is 0 Å². The molecule has 7 heteroatoms. The van der Waals surface area contributed by atoms with E-state index < -0.39 is 6.04 Å². The Morgan fingerprint density at radius 2 is 1.83 bits per heavy atom. The third kappa shape index (κ3) is 7.54. The molecular weight excluding hydrogens is 398 g/mol. The largest absolute Gasteiger partial charge is 0.459 e. The minimum atomic E-state index is -0.593. The van der Waals surface area contributed by atoms with Crippen LogP contribution in [0, 0.1) is 0 Å². The maximum Gasteiger partial charge on any atom is 0.287 e. The molecule has 0 radical (unpaired) electrons. The molecule has 0 saturated heterocycles. The molecule has 1 heterocycles. The van der Waals surface area contributed by atoms with E-state index >= 15 is 0 Å². The van der Waals surface area contributed by atoms with E-state index in [1.54, 1.807) is 23.9 Å². The molecule has 0 fully saturated rings. The molecule has 2 amide bonds. The Kier molecular flexibility index (Phi) is 10.5. The van der Waals surface area contributed by atoms with Crippen LogP contribution in [0.25, 0.3) is 0 Å². The summed E-state index contributed by atoms with van der Waals surface area (Å²) >= 11 is 1.65. The first-order valence-corrected chi connectivity index (χ1v) is 11.9. The number of rotatable bonds is 13. The van der Waals surface area contributed by atoms with Gasteiger partial charge in [-0.15, -0.1) is 0 Å². The minimum absolute atomic E-state index is 0.158. The summed E-state index contributed by atoms with van der Waals surface area (Å²) in [6.07, 6.45) is 4.86. The molecule has 0 aliphatic rings. The summed E-state index contributed by atoms with van der Waals surface area (Å²) in [5.74, 6) is 0.460. The molecule has 2 aromatic rings. The van der Waals surface area contributed by atoms with Gasteiger partial charge in [0.05, 0.1) is 6.26 Å². The van der Waals surface area contributed by atoms with Crippen molar-refractivity contribution in [3.05, 3.63) is 60.1 Å². The van der Waals surface area contributed by atoms with Crippen LogP contribution in [0.3, 0.4) is 0 Å². The highest BCUT2D eigenvalue weighted by Gasteiger charge is 2.24. The number of nitrogens with one attached hydrogen (secondary N) is 2. The Morgan fingerprint density at radius 1 is 1.10 bits per heavy atom. The number of carbonyl (C=O) groups excluding carboxylic acids is 2. The lowest BCUT2D eigenvalue weighted by Gasteiger charge is -2.30. The van der Waals surface area contributed by atoms with Gasteiger partial charge >= 0.3 is 0 Å². The molecule has 2 atom stereocenters. The van der Waals surface area contributed by atoms with Crippen molar-refractivity contribution >= 4 is 23.6 Å². The highest BCUT2D eigenvalue weighted by Crippen LogP contribution is 2.10. The van der Waals surface area contributed by atoms with E-state index in [1.807, 2.05) is 24.5 Å². The molecule has 6 nitrogen and oxygen atoms in total. The third-order valence-electron chi connectivity index (χ3n) is 5.13. The van der Waals surface area contributed by atoms with Crippen LogP contribution in [0.4, 0.5) is 0 Å². The summed E-state index contributed by atoms with van der Waals surface area (Å²) in [7, 11) is 0. The van der Waals surface area contributed by atoms with E-state index in [0.717, 1.165) is 25.3 Å². The number of furan rings is 1. The van der Waals surface area contributed by atoms with Gasteiger partial charge in [-0.2, -0.15) is 11.8 Å². The highest BCUT2D eigenvalue weighted by molar-refractivity contribution is 7.98. The number of hydrogen-bond donors (Lipinski definition) is 2. The lowest BCUT2D eigenvalue weighted by atomic mass is 10.0. The predicted octanol–water partition coefficient (Wildman–Crippen LogP) is 3.20. The smallest absolute Gasteiger partial charge is 0.287 e. The molecule has 1 aromatic carbocycles. The average Bonchev–Trinajstić information content (AvgIpc) is 3.31. The zero-order chi connectivity index (χ0) is 21.8. The quantitative estimate of drug-likeness (QED) is 0.509. The van der Waals surface area contributed by atoms with Crippen LogP contribution < -0.4 is 10.6 Å². The number of benzene rings is 1. The van der Waals surface area contributed by atoms with Crippen LogP contribution in [-0.2, 0) is 11.2 Å². The van der Waals surface area contributed by atoms with Crippen molar-refractivity contribution in [3.63, 3.8) is 0 Å². The molecule has 0 saturated carbocycles. The fourth-order valence-corrected chi connectivity index (χ4v) is 3.91. The highest BCUT2D eigenvalue weighted by atomic mass is 32.2. The van der Waals surface area contributed by atoms with Gasteiger partial charge in [0.2, 0.25) is 5.91 Å². The Hall–Kier alpha value is -2.25. The maximum atomic E-state index is 12.9. The van der Waals surface area contributed by atoms with Gasteiger partial charge in [0.25, 0.3) is 5.91 Å². The normalized spacial score (nSPS) is 13.1. The first-order valence-electron chi connectivity index (χ1n) is 10.5. The minimum Gasteiger partial charge on any atom is -0.459 e. The molecule has 164 valence electrons. The summed E-state index contributed by atoms with van der Waals surface area (Å²) in [4.78, 5) is 27.6. The van der Waals surface area contributed by atoms with Gasteiger partial charge in [0, 0.05) is 12.6 Å². The van der Waals surface area contributed by atoms with E-state index in [0.29, 0.717) is 13.0 Å². The Labute approximate surface area is 183 Å². The third-order valence-corrected chi connectivity index (χ3v) is 5.78. The number of carbonyl (C=O) groups is 2. The van der Waals surface area contributed by atoms with Crippen LogP contribution in [0.15, 0.2) is 53.1 Å². The zero-order valence-corrected chi connectivity index (χ0v) is 18.9. The topological polar surface area (TPSA) is 74.6 Å². The monoisotopic (exact) mass is 431 g/mol. The number of thioether (sulfide) groups is 1. The van der Waals surface area contributed by atoms with Gasteiger partial charge in [-0.05, 0) is 55.6 Å². The van der Waals surface area contributed by atoms with Crippen molar-refractivity contribution in [1.29, 1.82) is 0 Å². The second-order valence-electron chi connectivity index (χ2n) is 7.09. The van der Waals surface area contributed by atoms with Crippen LogP contribution in [0.1, 0.15) is 36.4 Å². The molecule has 0 aliphatic carbocycles. The average molecular weight is 432 g/mol. The van der Waals surface area contributed by atoms with Crippen LogP contribution in [-0.4, -0.2) is 60.4 Å². The molecular formula is C23H33N3O3S. The van der Waals surface area contributed by atoms with Crippen molar-refractivity contribution < 1.29 is 14.0 Å². The van der Waals surface area contributed by atoms with Crippen molar-refractivity contribution in [2.75, 3.05) is 31.6 Å². The van der Waals surface area contributed by atoms with Crippen molar-refractivity contribution in [2.24, 2.45) is 0 Å². The molecule has 2 rings (SSSR count). The molecule has 1 aromatic heterocycles. The van der Waals surface area contributed by atoms with Crippen molar-refractivity contribution in [1.82, 2.24) is 15.5 Å². The van der Waals surface area contributed by atoms with E-state index in [4.69, 9.17) is 4.42 Å². The fourth-order valence-electron chi connectivity index (χ4n) is 3.44. The second-order valence-corrected chi connectivity index (χ2v) is 8.08. The first kappa shape index (κ1) is 24.0. The van der Waals surface area contributed by atoms with E-state index in [1.165, 1.54) is 11.8 Å². The maximum absolute atomic E-state index is 12.9. The van der Waals surface area contributed by atoms with E-state index in [9.17, 15) is 9.59 Å². The Bertz CT molecular complexity index is 748. The molecule has 2 unspecified atom stereocenters. The van der Waals surface area contributed by atoms with Gasteiger partial charge < -0.3 is 15.1 Å². The standard InChI is InChI=1S/C23H33N3O3S/c1-4-26(5-2)19(16-18-10-7-6-8-11-18)17-24-22(27)20(13-15-30-3)25-23(28)21-12-9-14-29-21/h6-12,14,19-20H,4-5,13,15-17H2,1-3H3,(H,24,27)(H,25,28). The Balaban J connectivity index is 2.02. The summed E-state index contributed by atoms with van der Waals surface area (Å²) in [6, 6.07) is 13.2. The van der Waals surface area contributed by atoms with Gasteiger partial charge in [-0.3, -0.25) is 14.5 Å². The second kappa shape index (κ2) is 13.1.